The molecule has 2 heterocycles. The Hall–Kier alpha value is -4.18. The van der Waals surface area contributed by atoms with Crippen LogP contribution in [0.2, 0.25) is 0 Å². The minimum absolute atomic E-state index is 0.0935. The van der Waals surface area contributed by atoms with E-state index in [-0.39, 0.29) is 27.9 Å². The van der Waals surface area contributed by atoms with Crippen molar-refractivity contribution in [1.82, 2.24) is 4.98 Å². The number of benzene rings is 2. The fourth-order valence-electron chi connectivity index (χ4n) is 4.38. The van der Waals surface area contributed by atoms with Crippen LogP contribution in [-0.2, 0) is 14.3 Å². The van der Waals surface area contributed by atoms with Crippen LogP contribution in [0.3, 0.4) is 0 Å². The molecule has 9 nitrogen and oxygen atoms in total. The maximum atomic E-state index is 13.6. The Kier molecular flexibility index (Phi) is 8.89. The van der Waals surface area contributed by atoms with Gasteiger partial charge in [-0.25, -0.2) is 9.78 Å². The van der Waals surface area contributed by atoms with Gasteiger partial charge in [-0.3, -0.25) is 14.5 Å². The maximum absolute atomic E-state index is 13.6. The van der Waals surface area contributed by atoms with Gasteiger partial charge >= 0.3 is 11.9 Å². The number of thiazole rings is 1. The van der Waals surface area contributed by atoms with Crippen LogP contribution >= 0.6 is 11.3 Å². The SMILES string of the molecule is CCCOc1ccc(C2C(=C(O)c3ccc(C)cc3)C(=O)C(=O)N2c2nc(C)c(C(=O)OCC)s2)cc1OCC. The summed E-state index contributed by atoms with van der Waals surface area (Å²) in [6, 6.07) is 11.1. The van der Waals surface area contributed by atoms with E-state index in [1.54, 1.807) is 44.2 Å². The third-order valence-electron chi connectivity index (χ3n) is 6.27. The fraction of sp³-hybridized carbons (Fsp3) is 0.333. The van der Waals surface area contributed by atoms with Crippen LogP contribution in [0.1, 0.15) is 65.3 Å². The van der Waals surface area contributed by atoms with Gasteiger partial charge in [0, 0.05) is 5.56 Å². The molecule has 210 valence electrons. The van der Waals surface area contributed by atoms with Gasteiger partial charge in [0.2, 0.25) is 0 Å². The average molecular weight is 565 g/mol. The summed E-state index contributed by atoms with van der Waals surface area (Å²) in [5, 5.41) is 11.5. The van der Waals surface area contributed by atoms with Crippen molar-refractivity contribution in [2.75, 3.05) is 24.7 Å². The first kappa shape index (κ1) is 28.8. The molecule has 4 rings (SSSR count). The number of rotatable bonds is 10. The van der Waals surface area contributed by atoms with E-state index in [2.05, 4.69) is 4.98 Å². The van der Waals surface area contributed by atoms with Crippen molar-refractivity contribution in [3.8, 4) is 11.5 Å². The second-order valence-corrected chi connectivity index (χ2v) is 10.1. The van der Waals surface area contributed by atoms with E-state index < -0.39 is 23.7 Å². The number of ether oxygens (including phenoxy) is 3. The standard InChI is InChI=1S/C30H32N2O7S/c1-6-15-39-21-14-13-20(16-22(21)37-7-2)24-23(25(33)19-11-9-17(4)10-12-19)26(34)28(35)32(24)30-31-18(5)27(40-30)29(36)38-8-3/h9-14,16,24,33H,6-8,15H2,1-5H3. The molecule has 0 spiro atoms. The summed E-state index contributed by atoms with van der Waals surface area (Å²) in [7, 11) is 0. The number of hydrogen-bond donors (Lipinski definition) is 1. The average Bonchev–Trinajstić information content (AvgIpc) is 3.44. The van der Waals surface area contributed by atoms with Crippen molar-refractivity contribution < 1.29 is 33.7 Å². The number of aryl methyl sites for hydroxylation is 2. The molecule has 1 unspecified atom stereocenters. The van der Waals surface area contributed by atoms with E-state index in [4.69, 9.17) is 14.2 Å². The number of Topliss-reactive ketones (excluding diaryl/α,β-unsaturated/α-hetero) is 1. The first-order valence-electron chi connectivity index (χ1n) is 13.1. The number of aliphatic hydroxyl groups is 1. The van der Waals surface area contributed by atoms with Gasteiger partial charge in [-0.1, -0.05) is 54.2 Å². The monoisotopic (exact) mass is 564 g/mol. The van der Waals surface area contributed by atoms with Gasteiger partial charge in [0.1, 0.15) is 10.6 Å². The zero-order chi connectivity index (χ0) is 29.0. The van der Waals surface area contributed by atoms with Gasteiger partial charge in [-0.15, -0.1) is 0 Å². The van der Waals surface area contributed by atoms with Crippen LogP contribution in [0.15, 0.2) is 48.0 Å². The molecule has 0 aliphatic carbocycles. The number of aromatic nitrogens is 1. The highest BCUT2D eigenvalue weighted by Gasteiger charge is 2.48. The van der Waals surface area contributed by atoms with E-state index in [0.29, 0.717) is 41.5 Å². The lowest BCUT2D eigenvalue weighted by atomic mass is 9.95. The largest absolute Gasteiger partial charge is 0.507 e. The topological polar surface area (TPSA) is 115 Å². The molecule has 1 saturated heterocycles. The quantitative estimate of drug-likeness (QED) is 0.143. The van der Waals surface area contributed by atoms with Crippen molar-refractivity contribution >= 4 is 39.9 Å². The van der Waals surface area contributed by atoms with Gasteiger partial charge in [-0.2, -0.15) is 0 Å². The highest BCUT2D eigenvalue weighted by molar-refractivity contribution is 7.17. The number of carbonyl (C=O) groups is 3. The third kappa shape index (κ3) is 5.58. The number of anilines is 1. The van der Waals surface area contributed by atoms with Crippen molar-refractivity contribution in [3.63, 3.8) is 0 Å². The predicted octanol–water partition coefficient (Wildman–Crippen LogP) is 5.75. The summed E-state index contributed by atoms with van der Waals surface area (Å²) in [5.41, 5.74) is 2.15. The first-order chi connectivity index (χ1) is 19.2. The summed E-state index contributed by atoms with van der Waals surface area (Å²) in [5.74, 6) is -1.64. The van der Waals surface area contributed by atoms with E-state index in [0.717, 1.165) is 23.3 Å². The lowest BCUT2D eigenvalue weighted by Crippen LogP contribution is -2.29. The molecule has 1 aliphatic rings. The van der Waals surface area contributed by atoms with E-state index in [1.807, 2.05) is 32.9 Å². The number of ketones is 1. The Balaban J connectivity index is 1.92. The minimum atomic E-state index is -1.04. The summed E-state index contributed by atoms with van der Waals surface area (Å²) in [6.45, 7) is 10.1. The molecule has 0 radical (unpaired) electrons. The smallest absolute Gasteiger partial charge is 0.350 e. The summed E-state index contributed by atoms with van der Waals surface area (Å²) in [4.78, 5) is 45.5. The van der Waals surface area contributed by atoms with Crippen LogP contribution < -0.4 is 14.4 Å². The summed E-state index contributed by atoms with van der Waals surface area (Å²) >= 11 is 0.956. The normalized spacial score (nSPS) is 16.3. The van der Waals surface area contributed by atoms with Gasteiger partial charge in [0.25, 0.3) is 5.78 Å². The van der Waals surface area contributed by atoms with E-state index >= 15 is 0 Å². The lowest BCUT2D eigenvalue weighted by Gasteiger charge is -2.24. The second-order valence-electron chi connectivity index (χ2n) is 9.15. The third-order valence-corrected chi connectivity index (χ3v) is 7.40. The number of carbonyl (C=O) groups excluding carboxylic acids is 3. The van der Waals surface area contributed by atoms with Gasteiger partial charge in [0.15, 0.2) is 16.6 Å². The molecule has 1 aliphatic heterocycles. The number of nitrogens with zero attached hydrogens (tertiary/aromatic N) is 2. The fourth-order valence-corrected chi connectivity index (χ4v) is 5.37. The Morgan fingerprint density at radius 1 is 1.00 bits per heavy atom. The molecule has 2 aromatic carbocycles. The molecule has 0 bridgehead atoms. The van der Waals surface area contributed by atoms with Crippen LogP contribution in [0.5, 0.6) is 11.5 Å². The molecular weight excluding hydrogens is 532 g/mol. The van der Waals surface area contributed by atoms with Crippen LogP contribution in [-0.4, -0.2) is 47.6 Å². The minimum Gasteiger partial charge on any atom is -0.507 e. The molecule has 3 aromatic rings. The molecule has 1 fully saturated rings. The Bertz CT molecular complexity index is 1460. The molecule has 1 amide bonds. The molecule has 40 heavy (non-hydrogen) atoms. The van der Waals surface area contributed by atoms with Crippen LogP contribution in [0.25, 0.3) is 5.76 Å². The molecule has 1 N–H and O–H groups in total. The van der Waals surface area contributed by atoms with Crippen LogP contribution in [0.4, 0.5) is 5.13 Å². The van der Waals surface area contributed by atoms with Gasteiger partial charge in [-0.05, 0) is 51.8 Å². The number of aliphatic hydroxyl groups excluding tert-OH is 1. The van der Waals surface area contributed by atoms with Crippen molar-refractivity contribution in [3.05, 3.63) is 75.3 Å². The maximum Gasteiger partial charge on any atom is 0.350 e. The second kappa shape index (κ2) is 12.3. The van der Waals surface area contributed by atoms with Crippen LogP contribution in [0, 0.1) is 13.8 Å². The zero-order valence-electron chi connectivity index (χ0n) is 23.1. The molecular formula is C30H32N2O7S. The number of amides is 1. The van der Waals surface area contributed by atoms with Crippen molar-refractivity contribution in [1.29, 1.82) is 0 Å². The highest BCUT2D eigenvalue weighted by Crippen LogP contribution is 2.45. The Morgan fingerprint density at radius 3 is 2.38 bits per heavy atom. The van der Waals surface area contributed by atoms with Crippen molar-refractivity contribution in [2.24, 2.45) is 0 Å². The zero-order valence-corrected chi connectivity index (χ0v) is 24.0. The highest BCUT2D eigenvalue weighted by atomic mass is 32.1. The Morgan fingerprint density at radius 2 is 1.73 bits per heavy atom. The summed E-state index contributed by atoms with van der Waals surface area (Å²) < 4.78 is 16.8. The molecule has 10 heteroatoms. The molecule has 1 atom stereocenters. The van der Waals surface area contributed by atoms with E-state index in [9.17, 15) is 19.5 Å². The van der Waals surface area contributed by atoms with Crippen molar-refractivity contribution in [2.45, 2.75) is 47.1 Å². The number of esters is 1. The molecule has 1 aromatic heterocycles. The Labute approximate surface area is 237 Å². The summed E-state index contributed by atoms with van der Waals surface area (Å²) in [6.07, 6.45) is 0.802. The lowest BCUT2D eigenvalue weighted by molar-refractivity contribution is -0.132. The predicted molar refractivity (Wildman–Crippen MR) is 152 cm³/mol. The van der Waals surface area contributed by atoms with Gasteiger partial charge in [0.05, 0.1) is 37.1 Å². The molecule has 0 saturated carbocycles. The number of hydrogen-bond acceptors (Lipinski definition) is 9. The van der Waals surface area contributed by atoms with Gasteiger partial charge < -0.3 is 19.3 Å². The first-order valence-corrected chi connectivity index (χ1v) is 13.9. The van der Waals surface area contributed by atoms with E-state index in [1.165, 1.54) is 4.90 Å².